The molecule has 7 heteroatoms. The summed E-state index contributed by atoms with van der Waals surface area (Å²) in [4.78, 5) is 9.26. The maximum absolute atomic E-state index is 9.33. The summed E-state index contributed by atoms with van der Waals surface area (Å²) < 4.78 is 0. The van der Waals surface area contributed by atoms with Crippen molar-refractivity contribution in [3.05, 3.63) is 16.1 Å². The van der Waals surface area contributed by atoms with E-state index in [1.54, 1.807) is 11.3 Å². The van der Waals surface area contributed by atoms with E-state index in [1.807, 2.05) is 6.92 Å². The average molecular weight is 482 g/mol. The van der Waals surface area contributed by atoms with E-state index in [1.165, 1.54) is 5.01 Å². The molecule has 1 heterocycles. The lowest BCUT2D eigenvalue weighted by Gasteiger charge is -2.29. The number of halogens is 1. The minimum absolute atomic E-state index is 0. The zero-order valence-electron chi connectivity index (χ0n) is 16.1. The fourth-order valence-corrected chi connectivity index (χ4v) is 3.51. The molecule has 0 amide bonds. The minimum Gasteiger partial charge on any atom is -0.396 e. The van der Waals surface area contributed by atoms with Crippen LogP contribution in [0.5, 0.6) is 0 Å². The molecule has 146 valence electrons. The van der Waals surface area contributed by atoms with Gasteiger partial charge in [-0.15, -0.1) is 35.3 Å². The number of nitrogens with zero attached hydrogens (tertiary/aromatic N) is 2. The number of aliphatic hydroxyl groups excluding tert-OH is 1. The van der Waals surface area contributed by atoms with Crippen LogP contribution >= 0.6 is 35.3 Å². The first kappa shape index (κ1) is 24.6. The fraction of sp³-hybridized carbons (Fsp3) is 0.778. The molecular weight excluding hydrogens is 447 g/mol. The van der Waals surface area contributed by atoms with E-state index < -0.39 is 0 Å². The zero-order valence-corrected chi connectivity index (χ0v) is 19.2. The maximum Gasteiger partial charge on any atom is 0.191 e. The van der Waals surface area contributed by atoms with Gasteiger partial charge in [0.15, 0.2) is 5.96 Å². The molecule has 0 spiro atoms. The van der Waals surface area contributed by atoms with E-state index in [0.29, 0.717) is 0 Å². The Morgan fingerprint density at radius 1 is 1.28 bits per heavy atom. The summed E-state index contributed by atoms with van der Waals surface area (Å²) in [6, 6.07) is 0. The molecule has 0 aliphatic carbocycles. The fourth-order valence-electron chi connectivity index (χ4n) is 2.70. The predicted octanol–water partition coefficient (Wildman–Crippen LogP) is 3.75. The van der Waals surface area contributed by atoms with Crippen LogP contribution in [-0.2, 0) is 6.42 Å². The summed E-state index contributed by atoms with van der Waals surface area (Å²) in [7, 11) is 0. The van der Waals surface area contributed by atoms with E-state index >= 15 is 0 Å². The van der Waals surface area contributed by atoms with Crippen molar-refractivity contribution in [3.63, 3.8) is 0 Å². The predicted molar refractivity (Wildman–Crippen MR) is 119 cm³/mol. The van der Waals surface area contributed by atoms with Crippen molar-refractivity contribution in [3.8, 4) is 0 Å². The molecule has 1 aromatic rings. The quantitative estimate of drug-likeness (QED) is 0.195. The van der Waals surface area contributed by atoms with Crippen molar-refractivity contribution >= 4 is 41.3 Å². The van der Waals surface area contributed by atoms with Crippen LogP contribution in [0.15, 0.2) is 10.4 Å². The first-order valence-electron chi connectivity index (χ1n) is 9.13. The Bertz CT molecular complexity index is 489. The highest BCUT2D eigenvalue weighted by molar-refractivity contribution is 14.0. The molecule has 0 atom stereocenters. The van der Waals surface area contributed by atoms with E-state index in [9.17, 15) is 5.11 Å². The summed E-state index contributed by atoms with van der Waals surface area (Å²) in [5, 5.41) is 19.4. The molecule has 5 nitrogen and oxygen atoms in total. The van der Waals surface area contributed by atoms with Gasteiger partial charge in [0, 0.05) is 43.7 Å². The molecule has 0 radical (unpaired) electrons. The molecule has 0 unspecified atom stereocenters. The van der Waals surface area contributed by atoms with Crippen LogP contribution in [-0.4, -0.2) is 42.3 Å². The van der Waals surface area contributed by atoms with Gasteiger partial charge in [-0.3, -0.25) is 4.99 Å². The summed E-state index contributed by atoms with van der Waals surface area (Å²) in [5.41, 5.74) is 1.22. The Kier molecular flexibility index (Phi) is 13.5. The number of aromatic nitrogens is 1. The third kappa shape index (κ3) is 9.19. The highest BCUT2D eigenvalue weighted by Gasteiger charge is 2.25. The lowest BCUT2D eigenvalue weighted by molar-refractivity contribution is 0.175. The van der Waals surface area contributed by atoms with Gasteiger partial charge in [0.2, 0.25) is 0 Å². The second-order valence-corrected chi connectivity index (χ2v) is 7.23. The molecule has 0 aliphatic heterocycles. The van der Waals surface area contributed by atoms with Gasteiger partial charge in [0.1, 0.15) is 0 Å². The Morgan fingerprint density at radius 2 is 2.00 bits per heavy atom. The monoisotopic (exact) mass is 482 g/mol. The molecule has 0 bridgehead atoms. The highest BCUT2D eigenvalue weighted by atomic mass is 127. The number of hydrogen-bond donors (Lipinski definition) is 3. The van der Waals surface area contributed by atoms with E-state index in [4.69, 9.17) is 4.99 Å². The number of aliphatic imine (C=N–C) groups is 1. The molecule has 0 aliphatic rings. The van der Waals surface area contributed by atoms with Crippen molar-refractivity contribution < 1.29 is 5.11 Å². The van der Waals surface area contributed by atoms with Gasteiger partial charge in [0.05, 0.1) is 5.01 Å². The topological polar surface area (TPSA) is 69.5 Å². The van der Waals surface area contributed by atoms with Gasteiger partial charge in [-0.2, -0.15) is 0 Å². The van der Waals surface area contributed by atoms with Gasteiger partial charge < -0.3 is 15.7 Å². The number of rotatable bonds is 11. The van der Waals surface area contributed by atoms with Gasteiger partial charge in [0.25, 0.3) is 0 Å². The molecular formula is C18H35IN4OS. The van der Waals surface area contributed by atoms with Crippen LogP contribution < -0.4 is 10.6 Å². The normalized spacial score (nSPS) is 12.0. The molecule has 3 N–H and O–H groups in total. The number of aliphatic hydroxyl groups is 1. The van der Waals surface area contributed by atoms with Crippen LogP contribution in [0.3, 0.4) is 0 Å². The number of guanidine groups is 1. The van der Waals surface area contributed by atoms with Crippen LogP contribution in [0.2, 0.25) is 0 Å². The smallest absolute Gasteiger partial charge is 0.191 e. The molecule has 0 aromatic carbocycles. The Labute approximate surface area is 174 Å². The highest BCUT2D eigenvalue weighted by Crippen LogP contribution is 2.30. The van der Waals surface area contributed by atoms with Gasteiger partial charge in [-0.1, -0.05) is 13.8 Å². The second-order valence-electron chi connectivity index (χ2n) is 6.29. The lowest BCUT2D eigenvalue weighted by Crippen LogP contribution is -2.39. The Morgan fingerprint density at radius 3 is 2.52 bits per heavy atom. The largest absolute Gasteiger partial charge is 0.396 e. The minimum atomic E-state index is 0. The molecule has 1 rings (SSSR count). The molecule has 0 saturated heterocycles. The third-order valence-electron chi connectivity index (χ3n) is 4.59. The third-order valence-corrected chi connectivity index (χ3v) is 5.61. The van der Waals surface area contributed by atoms with Crippen LogP contribution in [0, 0.1) is 12.3 Å². The first-order chi connectivity index (χ1) is 11.6. The number of hydrogen-bond acceptors (Lipinski definition) is 4. The number of thiazole rings is 1. The van der Waals surface area contributed by atoms with Crippen LogP contribution in [0.4, 0.5) is 0 Å². The van der Waals surface area contributed by atoms with Crippen molar-refractivity contribution in [2.75, 3.05) is 26.2 Å². The Hall–Kier alpha value is -0.410. The summed E-state index contributed by atoms with van der Waals surface area (Å²) in [6.07, 6.45) is 4.93. The average Bonchev–Trinajstić information content (AvgIpc) is 3.00. The molecule has 0 saturated carbocycles. The summed E-state index contributed by atoms with van der Waals surface area (Å²) in [5.74, 6) is 0.872. The molecule has 1 aromatic heterocycles. The van der Waals surface area contributed by atoms with Crippen molar-refractivity contribution in [2.45, 2.75) is 59.8 Å². The van der Waals surface area contributed by atoms with E-state index in [0.717, 1.165) is 63.4 Å². The van der Waals surface area contributed by atoms with Gasteiger partial charge in [-0.05, 0) is 44.9 Å². The van der Waals surface area contributed by atoms with Crippen molar-refractivity contribution in [1.82, 2.24) is 15.6 Å². The molecule has 0 fully saturated rings. The zero-order chi connectivity index (χ0) is 17.8. The standard InChI is InChI=1S/C18H34N4OS.HI/c1-5-18(6-2,10-12-23)14-21-17(19-7-3)20-11-8-9-16-22-15(4)13-24-16;/h13,23H,5-12,14H2,1-4H3,(H2,19,20,21);1H. The lowest BCUT2D eigenvalue weighted by atomic mass is 9.79. The summed E-state index contributed by atoms with van der Waals surface area (Å²) in [6.45, 7) is 11.2. The van der Waals surface area contributed by atoms with Crippen LogP contribution in [0.25, 0.3) is 0 Å². The van der Waals surface area contributed by atoms with Crippen molar-refractivity contribution in [1.29, 1.82) is 0 Å². The summed E-state index contributed by atoms with van der Waals surface area (Å²) >= 11 is 1.74. The van der Waals surface area contributed by atoms with Crippen molar-refractivity contribution in [2.24, 2.45) is 10.4 Å². The number of nitrogens with one attached hydrogen (secondary N) is 2. The SMILES string of the molecule is CCNC(=NCC(CC)(CC)CCO)NCCCc1nc(C)cs1.I. The van der Waals surface area contributed by atoms with Gasteiger partial charge >= 0.3 is 0 Å². The first-order valence-corrected chi connectivity index (χ1v) is 10.0. The maximum atomic E-state index is 9.33. The van der Waals surface area contributed by atoms with Crippen LogP contribution in [0.1, 0.15) is 57.2 Å². The second kappa shape index (κ2) is 13.7. The number of aryl methyl sites for hydroxylation is 2. The van der Waals surface area contributed by atoms with E-state index in [2.05, 4.69) is 41.8 Å². The van der Waals surface area contributed by atoms with Gasteiger partial charge in [-0.25, -0.2) is 4.98 Å². The Balaban J connectivity index is 0.00000576. The molecule has 25 heavy (non-hydrogen) atoms. The van der Waals surface area contributed by atoms with E-state index in [-0.39, 0.29) is 36.0 Å².